The highest BCUT2D eigenvalue weighted by Gasteiger charge is 2.16. The molecule has 21 heavy (non-hydrogen) atoms. The zero-order valence-electron chi connectivity index (χ0n) is 11.3. The molecule has 6 nitrogen and oxygen atoms in total. The van der Waals surface area contributed by atoms with Crippen molar-refractivity contribution in [1.82, 2.24) is 15.2 Å². The maximum absolute atomic E-state index is 11.0. The van der Waals surface area contributed by atoms with Crippen molar-refractivity contribution in [3.05, 3.63) is 40.5 Å². The third-order valence-corrected chi connectivity index (χ3v) is 3.94. The molecule has 1 aromatic carbocycles. The third kappa shape index (κ3) is 2.55. The van der Waals surface area contributed by atoms with Crippen molar-refractivity contribution in [3.63, 3.8) is 0 Å². The summed E-state index contributed by atoms with van der Waals surface area (Å²) in [5.74, 6) is -0.308. The van der Waals surface area contributed by atoms with E-state index in [-0.39, 0.29) is 5.56 Å². The number of hydrogen-bond donors (Lipinski definition) is 1. The van der Waals surface area contributed by atoms with Crippen molar-refractivity contribution < 1.29 is 14.3 Å². The molecular weight excluding hydrogens is 290 g/mol. The minimum Gasteiger partial charge on any atom is -0.478 e. The van der Waals surface area contributed by atoms with Gasteiger partial charge in [0.1, 0.15) is 4.88 Å². The van der Waals surface area contributed by atoms with Crippen molar-refractivity contribution in [3.8, 4) is 22.2 Å². The maximum atomic E-state index is 11.0. The number of aryl methyl sites for hydroxylation is 2. The van der Waals surface area contributed by atoms with Gasteiger partial charge in [0.2, 0.25) is 5.89 Å². The Labute approximate surface area is 124 Å². The van der Waals surface area contributed by atoms with Gasteiger partial charge in [0, 0.05) is 5.56 Å². The Bertz CT molecular complexity index is 822. The Balaban J connectivity index is 2.00. The molecule has 2 heterocycles. The summed E-state index contributed by atoms with van der Waals surface area (Å²) < 4.78 is 5.64. The first-order chi connectivity index (χ1) is 10.0. The molecule has 0 aliphatic carbocycles. The molecular formula is C14H11N3O3S. The summed E-state index contributed by atoms with van der Waals surface area (Å²) in [6.07, 6.45) is 0. The molecule has 0 saturated carbocycles. The highest BCUT2D eigenvalue weighted by Crippen LogP contribution is 2.30. The summed E-state index contributed by atoms with van der Waals surface area (Å²) in [5.41, 5.74) is 1.59. The second-order valence-corrected chi connectivity index (χ2v) is 5.65. The lowest BCUT2D eigenvalue weighted by Gasteiger charge is -1.97. The predicted octanol–water partition coefficient (Wildman–Crippen LogP) is 3.18. The van der Waals surface area contributed by atoms with Gasteiger partial charge in [-0.25, -0.2) is 9.78 Å². The number of carboxylic acid groups (broad SMARTS) is 1. The molecule has 0 atom stereocenters. The fourth-order valence-electron chi connectivity index (χ4n) is 1.95. The smallest absolute Gasteiger partial charge is 0.335 e. The van der Waals surface area contributed by atoms with Crippen molar-refractivity contribution in [2.24, 2.45) is 0 Å². The Morgan fingerprint density at radius 3 is 2.67 bits per heavy atom. The second-order valence-electron chi connectivity index (χ2n) is 4.45. The van der Waals surface area contributed by atoms with E-state index in [1.807, 2.05) is 13.8 Å². The van der Waals surface area contributed by atoms with E-state index in [1.165, 1.54) is 23.5 Å². The van der Waals surface area contributed by atoms with Crippen LogP contribution in [-0.4, -0.2) is 26.3 Å². The number of thiazole rings is 1. The van der Waals surface area contributed by atoms with E-state index in [1.54, 1.807) is 12.1 Å². The molecule has 3 aromatic rings. The molecule has 0 fully saturated rings. The number of aromatic nitrogens is 3. The highest BCUT2D eigenvalue weighted by atomic mass is 32.1. The molecule has 3 rings (SSSR count). The summed E-state index contributed by atoms with van der Waals surface area (Å²) in [6, 6.07) is 6.39. The highest BCUT2D eigenvalue weighted by molar-refractivity contribution is 7.15. The lowest BCUT2D eigenvalue weighted by atomic mass is 10.1. The van der Waals surface area contributed by atoms with Crippen LogP contribution in [-0.2, 0) is 0 Å². The number of aromatic carboxylic acids is 1. The standard InChI is InChI=1S/C14H11N3O3S/c1-7-11(21-8(2)15-7)13-17-16-12(20-13)9-4-3-5-10(6-9)14(18)19/h3-6H,1-2H3,(H,18,19). The monoisotopic (exact) mass is 301 g/mol. The van der Waals surface area contributed by atoms with Crippen LogP contribution in [0.5, 0.6) is 0 Å². The minimum absolute atomic E-state index is 0.178. The average molecular weight is 301 g/mol. The molecule has 0 aliphatic rings. The van der Waals surface area contributed by atoms with E-state index >= 15 is 0 Å². The third-order valence-electron chi connectivity index (χ3n) is 2.88. The summed E-state index contributed by atoms with van der Waals surface area (Å²) in [7, 11) is 0. The van der Waals surface area contributed by atoms with Crippen LogP contribution < -0.4 is 0 Å². The summed E-state index contributed by atoms with van der Waals surface area (Å²) >= 11 is 1.48. The Kier molecular flexibility index (Phi) is 3.26. The molecule has 0 aliphatic heterocycles. The lowest BCUT2D eigenvalue weighted by Crippen LogP contribution is -1.95. The maximum Gasteiger partial charge on any atom is 0.335 e. The molecule has 0 radical (unpaired) electrons. The van der Waals surface area contributed by atoms with Gasteiger partial charge in [-0.15, -0.1) is 21.5 Å². The Morgan fingerprint density at radius 2 is 2.00 bits per heavy atom. The summed E-state index contributed by atoms with van der Waals surface area (Å²) in [5, 5.41) is 17.9. The predicted molar refractivity (Wildman–Crippen MR) is 77.3 cm³/mol. The zero-order chi connectivity index (χ0) is 15.0. The molecule has 0 bridgehead atoms. The van der Waals surface area contributed by atoms with Crippen molar-refractivity contribution in [1.29, 1.82) is 0 Å². The van der Waals surface area contributed by atoms with E-state index < -0.39 is 5.97 Å². The number of nitrogens with zero attached hydrogens (tertiary/aromatic N) is 3. The van der Waals surface area contributed by atoms with Gasteiger partial charge < -0.3 is 9.52 Å². The molecule has 1 N–H and O–H groups in total. The van der Waals surface area contributed by atoms with Crippen molar-refractivity contribution >= 4 is 17.3 Å². The number of carboxylic acids is 1. The van der Waals surface area contributed by atoms with Crippen LogP contribution in [0.3, 0.4) is 0 Å². The van der Waals surface area contributed by atoms with Crippen LogP contribution in [0.2, 0.25) is 0 Å². The summed E-state index contributed by atoms with van der Waals surface area (Å²) in [4.78, 5) is 16.1. The normalized spacial score (nSPS) is 10.8. The van der Waals surface area contributed by atoms with E-state index in [9.17, 15) is 4.79 Å². The lowest BCUT2D eigenvalue weighted by molar-refractivity contribution is 0.0697. The van der Waals surface area contributed by atoms with Gasteiger partial charge in [-0.2, -0.15) is 0 Å². The Morgan fingerprint density at radius 1 is 1.24 bits per heavy atom. The number of rotatable bonds is 3. The number of carbonyl (C=O) groups is 1. The van der Waals surface area contributed by atoms with Crippen LogP contribution in [0.15, 0.2) is 28.7 Å². The Hall–Kier alpha value is -2.54. The van der Waals surface area contributed by atoms with Gasteiger partial charge in [-0.3, -0.25) is 0 Å². The van der Waals surface area contributed by atoms with Gasteiger partial charge in [0.25, 0.3) is 5.89 Å². The number of hydrogen-bond acceptors (Lipinski definition) is 6. The molecule has 2 aromatic heterocycles. The van der Waals surface area contributed by atoms with E-state index in [0.29, 0.717) is 17.3 Å². The minimum atomic E-state index is -0.995. The zero-order valence-corrected chi connectivity index (χ0v) is 12.1. The summed E-state index contributed by atoms with van der Waals surface area (Å²) in [6.45, 7) is 3.79. The first-order valence-electron chi connectivity index (χ1n) is 6.16. The molecule has 0 spiro atoms. The number of benzene rings is 1. The van der Waals surface area contributed by atoms with Gasteiger partial charge >= 0.3 is 5.97 Å². The van der Waals surface area contributed by atoms with Crippen LogP contribution in [0, 0.1) is 13.8 Å². The van der Waals surface area contributed by atoms with Crippen molar-refractivity contribution in [2.45, 2.75) is 13.8 Å². The largest absolute Gasteiger partial charge is 0.478 e. The first kappa shape index (κ1) is 13.4. The van der Waals surface area contributed by atoms with Crippen molar-refractivity contribution in [2.75, 3.05) is 0 Å². The van der Waals surface area contributed by atoms with Gasteiger partial charge in [-0.1, -0.05) is 6.07 Å². The van der Waals surface area contributed by atoms with Crippen LogP contribution in [0.4, 0.5) is 0 Å². The van der Waals surface area contributed by atoms with E-state index in [0.717, 1.165) is 15.6 Å². The molecule has 0 saturated heterocycles. The molecule has 7 heteroatoms. The topological polar surface area (TPSA) is 89.1 Å². The molecule has 0 unspecified atom stereocenters. The van der Waals surface area contributed by atoms with Gasteiger partial charge in [0.15, 0.2) is 0 Å². The van der Waals surface area contributed by atoms with Crippen LogP contribution in [0.1, 0.15) is 21.1 Å². The second kappa shape index (κ2) is 5.10. The SMILES string of the molecule is Cc1nc(C)c(-c2nnc(-c3cccc(C(=O)O)c3)o2)s1. The fourth-order valence-corrected chi connectivity index (χ4v) is 2.79. The fraction of sp³-hybridized carbons (Fsp3) is 0.143. The van der Waals surface area contributed by atoms with Gasteiger partial charge in [-0.05, 0) is 32.0 Å². The first-order valence-corrected chi connectivity index (χ1v) is 6.98. The quantitative estimate of drug-likeness (QED) is 0.799. The van der Waals surface area contributed by atoms with Crippen LogP contribution >= 0.6 is 11.3 Å². The van der Waals surface area contributed by atoms with Gasteiger partial charge in [0.05, 0.1) is 16.3 Å². The molecule has 106 valence electrons. The average Bonchev–Trinajstić information content (AvgIpc) is 3.05. The van der Waals surface area contributed by atoms with Crippen LogP contribution in [0.25, 0.3) is 22.2 Å². The van der Waals surface area contributed by atoms with E-state index in [4.69, 9.17) is 9.52 Å². The molecule has 0 amide bonds. The van der Waals surface area contributed by atoms with E-state index in [2.05, 4.69) is 15.2 Å².